The summed E-state index contributed by atoms with van der Waals surface area (Å²) >= 11 is 0. The van der Waals surface area contributed by atoms with E-state index in [1.807, 2.05) is 0 Å². The molecule has 0 bridgehead atoms. The summed E-state index contributed by atoms with van der Waals surface area (Å²) in [5.74, 6) is -0.309. The molecule has 0 spiro atoms. The lowest BCUT2D eigenvalue weighted by molar-refractivity contribution is -0.142. The SMILES string of the molecule is Cn1nc2c(cc1=O)CN(C(=O)Cn1nc(C(F)(F)F)c3c1CCCC3)CC2. The van der Waals surface area contributed by atoms with Crippen LogP contribution in [0.5, 0.6) is 0 Å². The van der Waals surface area contributed by atoms with Gasteiger partial charge in [0.15, 0.2) is 5.69 Å². The minimum atomic E-state index is -4.52. The standard InChI is InChI=1S/C18H20F3N5O2/c1-24-15(27)8-11-9-25(7-6-13(11)22-24)16(28)10-26-14-5-3-2-4-12(14)17(23-26)18(19,20)21/h8H,2-7,9-10H2,1H3. The fourth-order valence-electron chi connectivity index (χ4n) is 3.96. The van der Waals surface area contributed by atoms with Crippen molar-refractivity contribution >= 4 is 5.91 Å². The van der Waals surface area contributed by atoms with Crippen molar-refractivity contribution in [3.05, 3.63) is 44.6 Å². The van der Waals surface area contributed by atoms with Crippen LogP contribution in [0, 0.1) is 0 Å². The van der Waals surface area contributed by atoms with Crippen LogP contribution in [-0.2, 0) is 50.4 Å². The number of fused-ring (bicyclic) bond motifs is 2. The highest BCUT2D eigenvalue weighted by atomic mass is 19.4. The number of aromatic nitrogens is 4. The maximum atomic E-state index is 13.3. The molecule has 0 atom stereocenters. The van der Waals surface area contributed by atoms with Gasteiger partial charge in [-0.15, -0.1) is 0 Å². The zero-order valence-electron chi connectivity index (χ0n) is 15.4. The van der Waals surface area contributed by atoms with Gasteiger partial charge < -0.3 is 4.90 Å². The molecular weight excluding hydrogens is 375 g/mol. The van der Waals surface area contributed by atoms with Crippen molar-refractivity contribution in [2.75, 3.05) is 6.54 Å². The molecule has 28 heavy (non-hydrogen) atoms. The molecule has 1 aliphatic heterocycles. The summed E-state index contributed by atoms with van der Waals surface area (Å²) < 4.78 is 42.4. The molecule has 0 aromatic carbocycles. The van der Waals surface area contributed by atoms with Crippen LogP contribution in [0.2, 0.25) is 0 Å². The van der Waals surface area contributed by atoms with Crippen molar-refractivity contribution in [1.82, 2.24) is 24.5 Å². The first-order valence-electron chi connectivity index (χ1n) is 9.23. The van der Waals surface area contributed by atoms with E-state index in [9.17, 15) is 22.8 Å². The highest BCUT2D eigenvalue weighted by Gasteiger charge is 2.39. The fraction of sp³-hybridized carbons (Fsp3) is 0.556. The Kier molecular flexibility index (Phi) is 4.51. The van der Waals surface area contributed by atoms with Gasteiger partial charge in [-0.2, -0.15) is 23.4 Å². The lowest BCUT2D eigenvalue weighted by atomic mass is 9.95. The average molecular weight is 395 g/mol. The van der Waals surface area contributed by atoms with Gasteiger partial charge in [-0.3, -0.25) is 14.3 Å². The summed E-state index contributed by atoms with van der Waals surface area (Å²) in [4.78, 5) is 26.1. The average Bonchev–Trinajstić information content (AvgIpc) is 3.01. The van der Waals surface area contributed by atoms with Gasteiger partial charge in [0.1, 0.15) is 6.54 Å². The van der Waals surface area contributed by atoms with Crippen molar-refractivity contribution < 1.29 is 18.0 Å². The van der Waals surface area contributed by atoms with E-state index in [1.54, 1.807) is 11.9 Å². The highest BCUT2D eigenvalue weighted by molar-refractivity contribution is 5.76. The van der Waals surface area contributed by atoms with Crippen LogP contribution in [0.3, 0.4) is 0 Å². The van der Waals surface area contributed by atoms with Gasteiger partial charge in [-0.25, -0.2) is 4.68 Å². The molecule has 10 heteroatoms. The molecule has 3 heterocycles. The molecule has 0 saturated carbocycles. The predicted molar refractivity (Wildman–Crippen MR) is 92.5 cm³/mol. The Morgan fingerprint density at radius 2 is 1.93 bits per heavy atom. The number of aryl methyl sites for hydroxylation is 1. The number of carbonyl (C=O) groups excluding carboxylic acids is 1. The van der Waals surface area contributed by atoms with Gasteiger partial charge in [0.25, 0.3) is 5.56 Å². The molecule has 1 aliphatic carbocycles. The van der Waals surface area contributed by atoms with E-state index in [2.05, 4.69) is 10.2 Å². The van der Waals surface area contributed by atoms with Crippen molar-refractivity contribution in [3.8, 4) is 0 Å². The molecule has 0 radical (unpaired) electrons. The third kappa shape index (κ3) is 3.31. The second-order valence-electron chi connectivity index (χ2n) is 7.28. The van der Waals surface area contributed by atoms with Crippen LogP contribution in [-0.4, -0.2) is 36.9 Å². The maximum Gasteiger partial charge on any atom is 0.435 e. The van der Waals surface area contributed by atoms with Crippen LogP contribution in [0.1, 0.15) is 41.1 Å². The van der Waals surface area contributed by atoms with E-state index in [0.717, 1.165) is 12.1 Å². The van der Waals surface area contributed by atoms with Gasteiger partial charge in [0.05, 0.1) is 5.69 Å². The molecule has 1 amide bonds. The third-order valence-electron chi connectivity index (χ3n) is 5.40. The number of halogens is 3. The van der Waals surface area contributed by atoms with Crippen molar-refractivity contribution in [2.45, 2.75) is 51.4 Å². The summed E-state index contributed by atoms with van der Waals surface area (Å²) in [6.45, 7) is 0.408. The Morgan fingerprint density at radius 1 is 1.18 bits per heavy atom. The normalized spacial score (nSPS) is 16.6. The van der Waals surface area contributed by atoms with Crippen molar-refractivity contribution in [3.63, 3.8) is 0 Å². The number of carbonyl (C=O) groups is 1. The topological polar surface area (TPSA) is 73.0 Å². The van der Waals surface area contributed by atoms with Crippen LogP contribution >= 0.6 is 0 Å². The second kappa shape index (κ2) is 6.75. The largest absolute Gasteiger partial charge is 0.435 e. The van der Waals surface area contributed by atoms with Gasteiger partial charge in [0, 0.05) is 49.4 Å². The quantitative estimate of drug-likeness (QED) is 0.772. The molecule has 0 fully saturated rings. The van der Waals surface area contributed by atoms with Gasteiger partial charge >= 0.3 is 6.18 Å². The third-order valence-corrected chi connectivity index (χ3v) is 5.40. The van der Waals surface area contributed by atoms with E-state index in [4.69, 9.17) is 0 Å². The molecule has 0 saturated heterocycles. The second-order valence-corrected chi connectivity index (χ2v) is 7.28. The smallest absolute Gasteiger partial charge is 0.336 e. The Hall–Kier alpha value is -2.65. The number of rotatable bonds is 2. The van der Waals surface area contributed by atoms with E-state index < -0.39 is 11.9 Å². The first-order valence-corrected chi connectivity index (χ1v) is 9.23. The Bertz CT molecular complexity index is 992. The van der Waals surface area contributed by atoms with Gasteiger partial charge in [0.2, 0.25) is 5.91 Å². The maximum absolute atomic E-state index is 13.3. The number of hydrogen-bond donors (Lipinski definition) is 0. The molecule has 0 unspecified atom stereocenters. The zero-order valence-corrected chi connectivity index (χ0v) is 15.4. The minimum Gasteiger partial charge on any atom is -0.336 e. The first kappa shape index (κ1) is 18.7. The van der Waals surface area contributed by atoms with E-state index in [-0.39, 0.29) is 30.1 Å². The number of hydrogen-bond acceptors (Lipinski definition) is 4. The highest BCUT2D eigenvalue weighted by Crippen LogP contribution is 2.35. The van der Waals surface area contributed by atoms with E-state index in [0.29, 0.717) is 43.5 Å². The zero-order chi connectivity index (χ0) is 20.1. The molecule has 2 aliphatic rings. The van der Waals surface area contributed by atoms with Crippen LogP contribution in [0.4, 0.5) is 13.2 Å². The summed E-state index contributed by atoms with van der Waals surface area (Å²) in [5.41, 5.74) is 1.06. The van der Waals surface area contributed by atoms with Gasteiger partial charge in [-0.05, 0) is 25.7 Å². The summed E-state index contributed by atoms with van der Waals surface area (Å²) in [6, 6.07) is 1.46. The molecular formula is C18H20F3N5O2. The lowest BCUT2D eigenvalue weighted by Gasteiger charge is -2.28. The number of amides is 1. The molecule has 150 valence electrons. The Labute approximate surface area is 158 Å². The fourth-order valence-corrected chi connectivity index (χ4v) is 3.96. The Morgan fingerprint density at radius 3 is 2.68 bits per heavy atom. The van der Waals surface area contributed by atoms with Crippen LogP contribution in [0.25, 0.3) is 0 Å². The number of alkyl halides is 3. The molecule has 7 nitrogen and oxygen atoms in total. The van der Waals surface area contributed by atoms with E-state index in [1.165, 1.54) is 15.4 Å². The predicted octanol–water partition coefficient (Wildman–Crippen LogP) is 1.46. The summed E-state index contributed by atoms with van der Waals surface area (Å²) in [5, 5.41) is 7.95. The summed E-state index contributed by atoms with van der Waals surface area (Å²) in [7, 11) is 1.57. The monoisotopic (exact) mass is 395 g/mol. The first-order chi connectivity index (χ1) is 13.2. The Balaban J connectivity index is 1.57. The van der Waals surface area contributed by atoms with Crippen molar-refractivity contribution in [2.24, 2.45) is 7.05 Å². The molecule has 4 rings (SSSR count). The lowest BCUT2D eigenvalue weighted by Crippen LogP contribution is -2.40. The molecule has 0 N–H and O–H groups in total. The molecule has 2 aromatic rings. The van der Waals surface area contributed by atoms with Crippen LogP contribution in [0.15, 0.2) is 10.9 Å². The molecule has 2 aromatic heterocycles. The van der Waals surface area contributed by atoms with E-state index >= 15 is 0 Å². The minimum absolute atomic E-state index is 0.225. The van der Waals surface area contributed by atoms with Crippen molar-refractivity contribution in [1.29, 1.82) is 0 Å². The summed E-state index contributed by atoms with van der Waals surface area (Å²) in [6.07, 6.45) is -1.71. The van der Waals surface area contributed by atoms with Crippen LogP contribution < -0.4 is 5.56 Å². The van der Waals surface area contributed by atoms with Gasteiger partial charge in [-0.1, -0.05) is 0 Å². The number of nitrogens with zero attached hydrogens (tertiary/aromatic N) is 5.